The quantitative estimate of drug-likeness (QED) is 0.880. The van der Waals surface area contributed by atoms with Crippen molar-refractivity contribution >= 4 is 11.8 Å². The molecular weight excluding hydrogens is 333 g/mol. The Morgan fingerprint density at radius 2 is 1.84 bits per heavy atom. The van der Waals surface area contributed by atoms with E-state index >= 15 is 0 Å². The van der Waals surface area contributed by atoms with Gasteiger partial charge in [-0.3, -0.25) is 4.90 Å². The lowest BCUT2D eigenvalue weighted by molar-refractivity contribution is 0.200. The van der Waals surface area contributed by atoms with Crippen molar-refractivity contribution in [2.75, 3.05) is 24.5 Å². The van der Waals surface area contributed by atoms with Gasteiger partial charge in [0.15, 0.2) is 0 Å². The molecule has 1 aliphatic rings. The topological polar surface area (TPSA) is 52.6 Å². The van der Waals surface area contributed by atoms with E-state index in [1.165, 1.54) is 6.07 Å². The summed E-state index contributed by atoms with van der Waals surface area (Å²) in [6.45, 7) is 1.72. The molecule has 0 aromatic heterocycles. The summed E-state index contributed by atoms with van der Waals surface area (Å²) >= 11 is 0. The lowest BCUT2D eigenvalue weighted by atomic mass is 10.0. The minimum Gasteiger partial charge on any atom is -0.465 e. The number of amides is 1. The molecule has 2 aromatic rings. The summed E-state index contributed by atoms with van der Waals surface area (Å²) in [5, 5.41) is 12.8. The van der Waals surface area contributed by atoms with Crippen molar-refractivity contribution in [2.24, 2.45) is 5.92 Å². The predicted molar refractivity (Wildman–Crippen MR) is 88.1 cm³/mol. The standard InChI is InChI=1S/C18H17F3N2O2/c19-13-1-2-17(23(18(24)25)10-11-3-4-22-9-11)16(8-13)12-5-14(20)7-15(21)6-12/h1-2,5-8,11,22H,3-4,9-10H2,(H,24,25)/t11-/m0/s1. The molecule has 1 amide bonds. The second-order valence-corrected chi connectivity index (χ2v) is 6.07. The van der Waals surface area contributed by atoms with Crippen LogP contribution in [0, 0.1) is 23.4 Å². The van der Waals surface area contributed by atoms with Gasteiger partial charge < -0.3 is 10.4 Å². The van der Waals surface area contributed by atoms with E-state index in [4.69, 9.17) is 0 Å². The van der Waals surface area contributed by atoms with Crippen molar-refractivity contribution in [3.63, 3.8) is 0 Å². The minimum atomic E-state index is -1.20. The van der Waals surface area contributed by atoms with Gasteiger partial charge in [0.05, 0.1) is 5.69 Å². The number of nitrogens with one attached hydrogen (secondary N) is 1. The molecule has 1 heterocycles. The first-order chi connectivity index (χ1) is 11.9. The van der Waals surface area contributed by atoms with Gasteiger partial charge in [0.25, 0.3) is 0 Å². The first kappa shape index (κ1) is 17.3. The summed E-state index contributed by atoms with van der Waals surface area (Å²) in [5.74, 6) is -2.12. The number of halogens is 3. The van der Waals surface area contributed by atoms with E-state index in [0.29, 0.717) is 12.6 Å². The lowest BCUT2D eigenvalue weighted by Crippen LogP contribution is -2.35. The molecule has 4 nitrogen and oxygen atoms in total. The normalized spacial score (nSPS) is 16.8. The Balaban J connectivity index is 2.06. The molecule has 7 heteroatoms. The maximum atomic E-state index is 13.7. The number of benzene rings is 2. The zero-order chi connectivity index (χ0) is 18.0. The zero-order valence-corrected chi connectivity index (χ0v) is 13.3. The first-order valence-electron chi connectivity index (χ1n) is 7.91. The third-order valence-corrected chi connectivity index (χ3v) is 4.26. The highest BCUT2D eigenvalue weighted by molar-refractivity contribution is 5.92. The van der Waals surface area contributed by atoms with Crippen molar-refractivity contribution in [3.05, 3.63) is 53.8 Å². The van der Waals surface area contributed by atoms with E-state index in [0.717, 1.165) is 42.1 Å². The van der Waals surface area contributed by atoms with Crippen molar-refractivity contribution in [1.29, 1.82) is 0 Å². The molecule has 25 heavy (non-hydrogen) atoms. The van der Waals surface area contributed by atoms with Gasteiger partial charge in [-0.2, -0.15) is 0 Å². The molecule has 0 unspecified atom stereocenters. The molecule has 1 aliphatic heterocycles. The number of carboxylic acid groups (broad SMARTS) is 1. The van der Waals surface area contributed by atoms with Crippen LogP contribution in [-0.2, 0) is 0 Å². The van der Waals surface area contributed by atoms with Crippen LogP contribution in [0.25, 0.3) is 11.1 Å². The van der Waals surface area contributed by atoms with Gasteiger partial charge in [0.2, 0.25) is 0 Å². The molecule has 0 aliphatic carbocycles. The molecule has 0 radical (unpaired) electrons. The molecule has 1 saturated heterocycles. The number of carbonyl (C=O) groups is 1. The van der Waals surface area contributed by atoms with Crippen molar-refractivity contribution in [2.45, 2.75) is 6.42 Å². The molecule has 3 rings (SSSR count). The Morgan fingerprint density at radius 1 is 1.12 bits per heavy atom. The van der Waals surface area contributed by atoms with E-state index in [2.05, 4.69) is 5.32 Å². The highest BCUT2D eigenvalue weighted by Crippen LogP contribution is 2.33. The fourth-order valence-electron chi connectivity index (χ4n) is 3.09. The molecule has 0 saturated carbocycles. The summed E-state index contributed by atoms with van der Waals surface area (Å²) in [5.41, 5.74) is 0.417. The van der Waals surface area contributed by atoms with Crippen LogP contribution in [0.4, 0.5) is 23.7 Å². The summed E-state index contributed by atoms with van der Waals surface area (Å²) in [7, 11) is 0. The number of hydrogen-bond donors (Lipinski definition) is 2. The fourth-order valence-corrected chi connectivity index (χ4v) is 3.09. The smallest absolute Gasteiger partial charge is 0.411 e. The summed E-state index contributed by atoms with van der Waals surface area (Å²) in [4.78, 5) is 12.9. The van der Waals surface area contributed by atoms with Crippen LogP contribution in [0.5, 0.6) is 0 Å². The van der Waals surface area contributed by atoms with E-state index in [9.17, 15) is 23.1 Å². The zero-order valence-electron chi connectivity index (χ0n) is 13.3. The Kier molecular flexibility index (Phi) is 4.94. The lowest BCUT2D eigenvalue weighted by Gasteiger charge is -2.25. The molecule has 0 spiro atoms. The van der Waals surface area contributed by atoms with E-state index in [-0.39, 0.29) is 29.3 Å². The number of anilines is 1. The summed E-state index contributed by atoms with van der Waals surface area (Å²) in [6, 6.07) is 6.37. The number of hydrogen-bond acceptors (Lipinski definition) is 2. The maximum absolute atomic E-state index is 13.7. The van der Waals surface area contributed by atoms with Crippen LogP contribution in [0.2, 0.25) is 0 Å². The van der Waals surface area contributed by atoms with E-state index < -0.39 is 23.5 Å². The van der Waals surface area contributed by atoms with Gasteiger partial charge in [-0.25, -0.2) is 18.0 Å². The highest BCUT2D eigenvalue weighted by Gasteiger charge is 2.25. The fraction of sp³-hybridized carbons (Fsp3) is 0.278. The average Bonchev–Trinajstić information content (AvgIpc) is 3.05. The third kappa shape index (κ3) is 3.93. The van der Waals surface area contributed by atoms with Gasteiger partial charge in [0, 0.05) is 18.2 Å². The minimum absolute atomic E-state index is 0.0859. The van der Waals surface area contributed by atoms with Crippen molar-refractivity contribution < 1.29 is 23.1 Å². The summed E-state index contributed by atoms with van der Waals surface area (Å²) < 4.78 is 40.9. The number of nitrogens with zero attached hydrogens (tertiary/aromatic N) is 1. The van der Waals surface area contributed by atoms with E-state index in [1.54, 1.807) is 0 Å². The molecule has 1 atom stereocenters. The molecular formula is C18H17F3N2O2. The highest BCUT2D eigenvalue weighted by atomic mass is 19.1. The van der Waals surface area contributed by atoms with Gasteiger partial charge in [-0.05, 0) is 61.3 Å². The maximum Gasteiger partial charge on any atom is 0.411 e. The van der Waals surface area contributed by atoms with Crippen LogP contribution in [-0.4, -0.2) is 30.8 Å². The Morgan fingerprint density at radius 3 is 2.44 bits per heavy atom. The molecule has 132 valence electrons. The molecule has 1 fully saturated rings. The largest absolute Gasteiger partial charge is 0.465 e. The van der Waals surface area contributed by atoms with Crippen LogP contribution in [0.15, 0.2) is 36.4 Å². The van der Waals surface area contributed by atoms with Crippen LogP contribution in [0.1, 0.15) is 6.42 Å². The molecule has 2 aromatic carbocycles. The Bertz CT molecular complexity index is 772. The Labute approximate surface area is 142 Å². The second kappa shape index (κ2) is 7.14. The third-order valence-electron chi connectivity index (χ3n) is 4.26. The van der Waals surface area contributed by atoms with Gasteiger partial charge >= 0.3 is 6.09 Å². The predicted octanol–water partition coefficient (Wildman–Crippen LogP) is 3.86. The van der Waals surface area contributed by atoms with Gasteiger partial charge in [-0.1, -0.05) is 0 Å². The van der Waals surface area contributed by atoms with E-state index in [1.807, 2.05) is 0 Å². The van der Waals surface area contributed by atoms with Crippen LogP contribution in [0.3, 0.4) is 0 Å². The molecule has 2 N–H and O–H groups in total. The van der Waals surface area contributed by atoms with Gasteiger partial charge in [-0.15, -0.1) is 0 Å². The van der Waals surface area contributed by atoms with Crippen molar-refractivity contribution in [1.82, 2.24) is 5.32 Å². The average molecular weight is 350 g/mol. The van der Waals surface area contributed by atoms with Gasteiger partial charge in [0.1, 0.15) is 17.5 Å². The Hall–Kier alpha value is -2.54. The SMILES string of the molecule is O=C(O)N(C[C@H]1CCNC1)c1ccc(F)cc1-c1cc(F)cc(F)c1. The van der Waals surface area contributed by atoms with Crippen LogP contribution < -0.4 is 10.2 Å². The monoisotopic (exact) mass is 350 g/mol. The summed E-state index contributed by atoms with van der Waals surface area (Å²) in [6.07, 6.45) is -0.369. The van der Waals surface area contributed by atoms with Crippen molar-refractivity contribution in [3.8, 4) is 11.1 Å². The van der Waals surface area contributed by atoms with Crippen LogP contribution >= 0.6 is 0 Å². The first-order valence-corrected chi connectivity index (χ1v) is 7.91. The molecule has 0 bridgehead atoms. The number of rotatable bonds is 4. The second-order valence-electron chi connectivity index (χ2n) is 6.07.